The molecule has 0 radical (unpaired) electrons. The highest BCUT2D eigenvalue weighted by Crippen LogP contribution is 2.39. The molecule has 1 N–H and O–H groups in total. The van der Waals surface area contributed by atoms with Crippen LogP contribution in [-0.4, -0.2) is 35.0 Å². The molecule has 0 aromatic carbocycles. The Morgan fingerprint density at radius 2 is 2.23 bits per heavy atom. The number of nitrogens with zero attached hydrogens (tertiary/aromatic N) is 1. The van der Waals surface area contributed by atoms with Crippen LogP contribution in [0, 0.1) is 6.92 Å². The van der Waals surface area contributed by atoms with Crippen LogP contribution in [0.1, 0.15) is 47.5 Å². The van der Waals surface area contributed by atoms with Gasteiger partial charge in [0.25, 0.3) is 0 Å². The molecule has 1 aliphatic rings. The van der Waals surface area contributed by atoms with Crippen molar-refractivity contribution in [3.05, 3.63) is 10.6 Å². The molecule has 0 saturated carbocycles. The smallest absolute Gasteiger partial charge is 0.350 e. The van der Waals surface area contributed by atoms with Gasteiger partial charge in [0.15, 0.2) is 5.13 Å². The van der Waals surface area contributed by atoms with E-state index in [9.17, 15) is 9.59 Å². The van der Waals surface area contributed by atoms with E-state index < -0.39 is 5.97 Å². The lowest BCUT2D eigenvalue weighted by atomic mass is 10.1. The van der Waals surface area contributed by atoms with E-state index in [4.69, 9.17) is 0 Å². The summed E-state index contributed by atoms with van der Waals surface area (Å²) in [5.74, 6) is 0.794. The summed E-state index contributed by atoms with van der Waals surface area (Å²) in [5, 5.41) is 3.99. The van der Waals surface area contributed by atoms with E-state index in [2.05, 4.69) is 15.0 Å². The number of aryl methyl sites for hydroxylation is 1. The summed E-state index contributed by atoms with van der Waals surface area (Å²) in [6.45, 7) is 1.73. The van der Waals surface area contributed by atoms with Crippen molar-refractivity contribution in [3.63, 3.8) is 0 Å². The number of nitrogens with one attached hydrogen (secondary N) is 1. The van der Waals surface area contributed by atoms with Crippen LogP contribution in [0.15, 0.2) is 0 Å². The first kappa shape index (κ1) is 17.6. The standard InChI is InChI=1S/C14H20N2O3S3/c1-9-12(13(18)19-2)21-14(15-9)16-11(17)6-4-3-5-10-7-8-20-22-10/h10H,3-8H2,1-2H3,(H,15,16,17). The number of unbranched alkanes of at least 4 members (excludes halogenated alkanes) is 1. The lowest BCUT2D eigenvalue weighted by Gasteiger charge is -2.06. The maximum atomic E-state index is 11.9. The van der Waals surface area contributed by atoms with E-state index in [0.717, 1.165) is 29.4 Å². The Bertz CT molecular complexity index is 527. The fourth-order valence-corrected chi connectivity index (χ4v) is 6.06. The van der Waals surface area contributed by atoms with Crippen LogP contribution >= 0.6 is 32.9 Å². The van der Waals surface area contributed by atoms with Crippen molar-refractivity contribution in [1.29, 1.82) is 0 Å². The van der Waals surface area contributed by atoms with Crippen LogP contribution < -0.4 is 5.32 Å². The summed E-state index contributed by atoms with van der Waals surface area (Å²) in [6.07, 6.45) is 4.94. The third-order valence-corrected chi connectivity index (χ3v) is 7.38. The van der Waals surface area contributed by atoms with Gasteiger partial charge in [-0.3, -0.25) is 4.79 Å². The molecule has 1 atom stereocenters. The van der Waals surface area contributed by atoms with Crippen LogP contribution in [0.4, 0.5) is 5.13 Å². The van der Waals surface area contributed by atoms with Crippen LogP contribution in [0.25, 0.3) is 0 Å². The van der Waals surface area contributed by atoms with Gasteiger partial charge >= 0.3 is 5.97 Å². The van der Waals surface area contributed by atoms with Crippen LogP contribution in [-0.2, 0) is 9.53 Å². The quantitative estimate of drug-likeness (QED) is 0.452. The van der Waals surface area contributed by atoms with Gasteiger partial charge in [-0.1, -0.05) is 39.3 Å². The predicted octanol–water partition coefficient (Wildman–Crippen LogP) is 3.89. The number of hydrogen-bond donors (Lipinski definition) is 1. The Morgan fingerprint density at radius 1 is 1.41 bits per heavy atom. The third-order valence-electron chi connectivity index (χ3n) is 3.32. The minimum atomic E-state index is -0.414. The Labute approximate surface area is 142 Å². The Hall–Kier alpha value is -0.730. The molecular weight excluding hydrogens is 340 g/mol. The second kappa shape index (κ2) is 8.79. The molecule has 122 valence electrons. The Morgan fingerprint density at radius 3 is 2.91 bits per heavy atom. The van der Waals surface area contributed by atoms with Gasteiger partial charge < -0.3 is 10.1 Å². The topological polar surface area (TPSA) is 68.3 Å². The summed E-state index contributed by atoms with van der Waals surface area (Å²) in [4.78, 5) is 28.0. The van der Waals surface area contributed by atoms with Crippen molar-refractivity contribution in [2.75, 3.05) is 18.2 Å². The molecule has 8 heteroatoms. The zero-order valence-corrected chi connectivity index (χ0v) is 15.2. The molecule has 5 nitrogen and oxygen atoms in total. The predicted molar refractivity (Wildman–Crippen MR) is 93.7 cm³/mol. The van der Waals surface area contributed by atoms with Gasteiger partial charge in [-0.25, -0.2) is 9.78 Å². The number of carbonyl (C=O) groups is 2. The minimum Gasteiger partial charge on any atom is -0.465 e. The molecule has 0 bridgehead atoms. The molecule has 2 heterocycles. The normalized spacial score (nSPS) is 17.5. The van der Waals surface area contributed by atoms with E-state index in [1.165, 1.54) is 25.7 Å². The number of hydrogen-bond acceptors (Lipinski definition) is 7. The number of carbonyl (C=O) groups excluding carboxylic acids is 2. The van der Waals surface area contributed by atoms with E-state index in [1.54, 1.807) is 6.92 Å². The van der Waals surface area contributed by atoms with Gasteiger partial charge in [0.1, 0.15) is 4.88 Å². The summed E-state index contributed by atoms with van der Waals surface area (Å²) in [6, 6.07) is 0. The molecule has 1 fully saturated rings. The number of esters is 1. The van der Waals surface area contributed by atoms with Gasteiger partial charge in [-0.2, -0.15) is 0 Å². The first-order valence-corrected chi connectivity index (χ1v) is 10.4. The zero-order valence-electron chi connectivity index (χ0n) is 12.7. The number of methoxy groups -OCH3 is 1. The van der Waals surface area contributed by atoms with Gasteiger partial charge in [0, 0.05) is 17.4 Å². The second-order valence-electron chi connectivity index (χ2n) is 5.05. The average molecular weight is 361 g/mol. The molecule has 1 unspecified atom stereocenters. The largest absolute Gasteiger partial charge is 0.465 e. The van der Waals surface area contributed by atoms with Crippen molar-refractivity contribution >= 4 is 49.9 Å². The Balaban J connectivity index is 1.71. The van der Waals surface area contributed by atoms with E-state index in [-0.39, 0.29) is 5.91 Å². The summed E-state index contributed by atoms with van der Waals surface area (Å²) in [7, 11) is 5.26. The van der Waals surface area contributed by atoms with Gasteiger partial charge in [0.2, 0.25) is 5.91 Å². The number of amides is 1. The SMILES string of the molecule is COC(=O)c1sc(NC(=O)CCCCC2CCSS2)nc1C. The van der Waals surface area contributed by atoms with E-state index in [0.29, 0.717) is 22.1 Å². The Kier molecular flexibility index (Phi) is 7.04. The van der Waals surface area contributed by atoms with Gasteiger partial charge in [-0.15, -0.1) is 0 Å². The third kappa shape index (κ3) is 5.17. The first-order chi connectivity index (χ1) is 10.6. The first-order valence-electron chi connectivity index (χ1n) is 7.24. The average Bonchev–Trinajstić information content (AvgIpc) is 3.12. The van der Waals surface area contributed by atoms with E-state index >= 15 is 0 Å². The van der Waals surface area contributed by atoms with Gasteiger partial charge in [-0.05, 0) is 26.2 Å². The van der Waals surface area contributed by atoms with Crippen molar-refractivity contribution in [3.8, 4) is 0 Å². The maximum absolute atomic E-state index is 11.9. The monoisotopic (exact) mass is 360 g/mol. The molecule has 1 aromatic rings. The molecule has 1 amide bonds. The maximum Gasteiger partial charge on any atom is 0.350 e. The fourth-order valence-electron chi connectivity index (χ4n) is 2.14. The zero-order chi connectivity index (χ0) is 15.9. The number of thiazole rings is 1. The lowest BCUT2D eigenvalue weighted by molar-refractivity contribution is -0.116. The highest BCUT2D eigenvalue weighted by atomic mass is 33.1. The molecular formula is C14H20N2O3S3. The number of anilines is 1. The fraction of sp³-hybridized carbons (Fsp3) is 0.643. The molecule has 1 aliphatic heterocycles. The second-order valence-corrected chi connectivity index (χ2v) is 8.83. The molecule has 22 heavy (non-hydrogen) atoms. The molecule has 1 saturated heterocycles. The van der Waals surface area contributed by atoms with Gasteiger partial charge in [0.05, 0.1) is 12.8 Å². The van der Waals surface area contributed by atoms with Crippen molar-refractivity contribution in [2.24, 2.45) is 0 Å². The van der Waals surface area contributed by atoms with Crippen molar-refractivity contribution in [2.45, 2.75) is 44.3 Å². The summed E-state index contributed by atoms with van der Waals surface area (Å²) >= 11 is 1.16. The highest BCUT2D eigenvalue weighted by molar-refractivity contribution is 8.77. The minimum absolute atomic E-state index is 0.0429. The van der Waals surface area contributed by atoms with Crippen LogP contribution in [0.2, 0.25) is 0 Å². The van der Waals surface area contributed by atoms with Crippen LogP contribution in [0.3, 0.4) is 0 Å². The molecule has 0 aliphatic carbocycles. The molecule has 1 aromatic heterocycles. The highest BCUT2D eigenvalue weighted by Gasteiger charge is 2.18. The molecule has 0 spiro atoms. The number of ether oxygens (including phenoxy) is 1. The summed E-state index contributed by atoms with van der Waals surface area (Å²) < 4.78 is 4.68. The number of rotatable bonds is 7. The molecule has 2 rings (SSSR count). The lowest BCUT2D eigenvalue weighted by Crippen LogP contribution is -2.11. The van der Waals surface area contributed by atoms with Crippen LogP contribution in [0.5, 0.6) is 0 Å². The number of aromatic nitrogens is 1. The summed E-state index contributed by atoms with van der Waals surface area (Å²) in [5.41, 5.74) is 0.586. The van der Waals surface area contributed by atoms with E-state index in [1.807, 2.05) is 21.6 Å². The van der Waals surface area contributed by atoms with Crippen molar-refractivity contribution < 1.29 is 14.3 Å². The van der Waals surface area contributed by atoms with Crippen molar-refractivity contribution in [1.82, 2.24) is 4.98 Å².